The van der Waals surface area contributed by atoms with Crippen LogP contribution in [0.1, 0.15) is 22.5 Å². The molecule has 1 spiro atoms. The minimum atomic E-state index is -0.509. The molecule has 1 saturated carbocycles. The largest absolute Gasteiger partial charge is 0.493 e. The molecule has 3 heterocycles. The van der Waals surface area contributed by atoms with Crippen molar-refractivity contribution in [2.45, 2.75) is 13.0 Å². The summed E-state index contributed by atoms with van der Waals surface area (Å²) < 4.78 is 27.9. The van der Waals surface area contributed by atoms with E-state index in [0.29, 0.717) is 53.1 Å². The lowest BCUT2D eigenvalue weighted by Crippen LogP contribution is -2.32. The van der Waals surface area contributed by atoms with Crippen molar-refractivity contribution < 1.29 is 33.3 Å². The number of fused-ring (bicyclic) bond motifs is 2. The summed E-state index contributed by atoms with van der Waals surface area (Å²) in [6.45, 7) is 0.851. The Kier molecular flexibility index (Phi) is 5.89. The average Bonchev–Trinajstić information content (AvgIpc) is 3.34. The predicted octanol–water partition coefficient (Wildman–Crippen LogP) is 4.54. The summed E-state index contributed by atoms with van der Waals surface area (Å²) in [7, 11) is 5.98. The van der Waals surface area contributed by atoms with Crippen LogP contribution in [-0.2, 0) is 20.9 Å². The van der Waals surface area contributed by atoms with E-state index in [-0.39, 0.29) is 17.5 Å². The first-order chi connectivity index (χ1) is 20.4. The number of nitrogens with one attached hydrogen (secondary N) is 1. The van der Waals surface area contributed by atoms with Crippen molar-refractivity contribution in [2.75, 3.05) is 35.0 Å². The lowest BCUT2D eigenvalue weighted by Gasteiger charge is -2.30. The van der Waals surface area contributed by atoms with E-state index in [0.717, 1.165) is 28.6 Å². The normalized spacial score (nSPS) is 21.6. The van der Waals surface area contributed by atoms with Crippen LogP contribution < -0.4 is 14.2 Å². The third-order valence-corrected chi connectivity index (χ3v) is 8.53. The second kappa shape index (κ2) is 9.54. The highest BCUT2D eigenvalue weighted by atomic mass is 16.5. The van der Waals surface area contributed by atoms with Crippen LogP contribution >= 0.6 is 0 Å². The van der Waals surface area contributed by atoms with Gasteiger partial charge in [0.1, 0.15) is 29.5 Å². The first kappa shape index (κ1) is 25.9. The minimum absolute atomic E-state index is 0.178. The number of rotatable bonds is 8. The maximum Gasteiger partial charge on any atom is 0.356 e. The van der Waals surface area contributed by atoms with Gasteiger partial charge in [-0.25, -0.2) is 9.79 Å². The summed E-state index contributed by atoms with van der Waals surface area (Å²) in [6, 6.07) is 13.4. The van der Waals surface area contributed by atoms with Crippen molar-refractivity contribution in [1.29, 1.82) is 0 Å². The van der Waals surface area contributed by atoms with E-state index in [1.807, 2.05) is 42.5 Å². The number of esters is 1. The molecule has 2 aliphatic carbocycles. The van der Waals surface area contributed by atoms with Gasteiger partial charge in [-0.2, -0.15) is 0 Å². The van der Waals surface area contributed by atoms with Gasteiger partial charge in [-0.3, -0.25) is 4.79 Å². The number of hydrogen-bond acceptors (Lipinski definition) is 8. The molecule has 1 saturated heterocycles. The Labute approximate surface area is 241 Å². The molecular weight excluding hydrogens is 538 g/mol. The predicted molar refractivity (Wildman–Crippen MR) is 153 cm³/mol. The number of piperidine rings is 1. The molecule has 214 valence electrons. The first-order valence-electron chi connectivity index (χ1n) is 13.6. The van der Waals surface area contributed by atoms with Crippen molar-refractivity contribution in [3.63, 3.8) is 0 Å². The quantitative estimate of drug-likeness (QED) is 0.398. The highest BCUT2D eigenvalue weighted by Crippen LogP contribution is 2.71. The van der Waals surface area contributed by atoms with E-state index < -0.39 is 11.4 Å². The molecular formula is C32H29N3O7. The third kappa shape index (κ3) is 3.67. The average molecular weight is 568 g/mol. The first-order valence-corrected chi connectivity index (χ1v) is 13.6. The Morgan fingerprint density at radius 2 is 1.81 bits per heavy atom. The fourth-order valence-electron chi connectivity index (χ4n) is 6.49. The van der Waals surface area contributed by atoms with Crippen LogP contribution in [0.25, 0.3) is 10.9 Å². The summed E-state index contributed by atoms with van der Waals surface area (Å²) in [5.41, 5.74) is 4.24. The number of nitrogens with zero attached hydrogens (tertiary/aromatic N) is 2. The Bertz CT molecular complexity index is 1780. The second-order valence-electron chi connectivity index (χ2n) is 10.6. The number of ether oxygens (including phenoxy) is 5. The van der Waals surface area contributed by atoms with Crippen LogP contribution in [0.2, 0.25) is 0 Å². The van der Waals surface area contributed by atoms with E-state index >= 15 is 0 Å². The van der Waals surface area contributed by atoms with Crippen LogP contribution in [-0.4, -0.2) is 62.5 Å². The maximum absolute atomic E-state index is 14.1. The fourth-order valence-corrected chi connectivity index (χ4v) is 6.49. The molecule has 10 nitrogen and oxygen atoms in total. The standard InChI is InChI=1S/C32H29N3O7/c1-38-24-11-18-10-21(33-26(18)29(40-3)28(24)39-2)30(36)35-15-19-14-32(19)20-12-22(31(37)41-4)34-27(20)23(13-25(32)35)42-16-17-8-6-5-7-9-17/h5-13,19,33H,14-16H2,1-4H3/t19-,32-/m0/s1. The van der Waals surface area contributed by atoms with E-state index in [2.05, 4.69) is 9.98 Å². The van der Waals surface area contributed by atoms with E-state index in [1.54, 1.807) is 38.4 Å². The number of aromatic amines is 1. The van der Waals surface area contributed by atoms with E-state index in [1.165, 1.54) is 7.11 Å². The summed E-state index contributed by atoms with van der Waals surface area (Å²) in [6.07, 6.45) is 4.57. The molecule has 1 amide bonds. The number of methoxy groups -OCH3 is 4. The molecule has 1 aromatic heterocycles. The molecule has 0 unspecified atom stereocenters. The third-order valence-electron chi connectivity index (χ3n) is 8.53. The van der Waals surface area contributed by atoms with Crippen molar-refractivity contribution in [2.24, 2.45) is 16.3 Å². The van der Waals surface area contributed by atoms with Crippen molar-refractivity contribution in [3.8, 4) is 17.2 Å². The Morgan fingerprint density at radius 3 is 2.52 bits per heavy atom. The van der Waals surface area contributed by atoms with Crippen LogP contribution in [0.15, 0.2) is 82.3 Å². The van der Waals surface area contributed by atoms with Gasteiger partial charge in [0.15, 0.2) is 11.5 Å². The molecule has 1 N–H and O–H groups in total. The lowest BCUT2D eigenvalue weighted by molar-refractivity contribution is -0.132. The van der Waals surface area contributed by atoms with Crippen LogP contribution in [0.5, 0.6) is 17.2 Å². The summed E-state index contributed by atoms with van der Waals surface area (Å²) >= 11 is 0. The number of carbonyl (C=O) groups is 2. The molecule has 0 bridgehead atoms. The number of aromatic nitrogens is 1. The van der Waals surface area contributed by atoms with Gasteiger partial charge in [0.2, 0.25) is 5.75 Å². The number of aliphatic imine (C=N–C) groups is 1. The highest BCUT2D eigenvalue weighted by molar-refractivity contribution is 6.42. The zero-order chi connectivity index (χ0) is 29.2. The number of carbonyl (C=O) groups excluding carboxylic acids is 2. The zero-order valence-corrected chi connectivity index (χ0v) is 23.6. The molecule has 42 heavy (non-hydrogen) atoms. The van der Waals surface area contributed by atoms with Gasteiger partial charge in [-0.1, -0.05) is 30.3 Å². The van der Waals surface area contributed by atoms with Gasteiger partial charge < -0.3 is 33.6 Å². The number of H-pyrrole nitrogens is 1. The Balaban J connectivity index is 1.28. The number of amides is 1. The lowest BCUT2D eigenvalue weighted by atomic mass is 9.84. The molecule has 2 fully saturated rings. The molecule has 3 aromatic rings. The van der Waals surface area contributed by atoms with Gasteiger partial charge in [-0.15, -0.1) is 0 Å². The SMILES string of the molecule is COC(=O)C1=NC2=C(OCc3ccccc3)C=C3N(C(=O)c4cc5cc(OC)c(OC)c(OC)c5[nH]4)C[C@@H]4C[C@]34C2=C1. The zero-order valence-electron chi connectivity index (χ0n) is 23.6. The number of benzene rings is 2. The molecule has 4 aliphatic rings. The Morgan fingerprint density at radius 1 is 1.02 bits per heavy atom. The number of hydrogen-bond donors (Lipinski definition) is 1. The van der Waals surface area contributed by atoms with Gasteiger partial charge >= 0.3 is 5.97 Å². The minimum Gasteiger partial charge on any atom is -0.493 e. The molecule has 7 rings (SSSR count). The Hall–Kier alpha value is -4.99. The second-order valence-corrected chi connectivity index (χ2v) is 10.6. The smallest absolute Gasteiger partial charge is 0.356 e. The molecule has 0 radical (unpaired) electrons. The molecule has 2 aliphatic heterocycles. The molecule has 2 atom stereocenters. The van der Waals surface area contributed by atoms with Gasteiger partial charge in [0.25, 0.3) is 5.91 Å². The fraction of sp³-hybridized carbons (Fsp3) is 0.281. The van der Waals surface area contributed by atoms with Gasteiger partial charge in [0.05, 0.1) is 34.0 Å². The molecule has 10 heteroatoms. The van der Waals surface area contributed by atoms with Crippen molar-refractivity contribution in [3.05, 3.63) is 88.6 Å². The topological polar surface area (TPSA) is 112 Å². The highest BCUT2D eigenvalue weighted by Gasteiger charge is 2.68. The summed E-state index contributed by atoms with van der Waals surface area (Å²) in [5.74, 6) is 1.43. The van der Waals surface area contributed by atoms with Crippen molar-refractivity contribution in [1.82, 2.24) is 9.88 Å². The monoisotopic (exact) mass is 567 g/mol. The number of likely N-dealkylation sites (tertiary alicyclic amines) is 1. The van der Waals surface area contributed by atoms with Crippen LogP contribution in [0.3, 0.4) is 0 Å². The summed E-state index contributed by atoms with van der Waals surface area (Å²) in [5, 5.41) is 0.758. The van der Waals surface area contributed by atoms with Gasteiger partial charge in [0, 0.05) is 29.1 Å². The van der Waals surface area contributed by atoms with Crippen LogP contribution in [0.4, 0.5) is 0 Å². The van der Waals surface area contributed by atoms with Gasteiger partial charge in [-0.05, 0) is 41.7 Å². The summed E-state index contributed by atoms with van der Waals surface area (Å²) in [4.78, 5) is 36.3. The van der Waals surface area contributed by atoms with Crippen LogP contribution in [0, 0.1) is 11.3 Å². The maximum atomic E-state index is 14.1. The van der Waals surface area contributed by atoms with Crippen molar-refractivity contribution >= 4 is 28.5 Å². The number of allylic oxidation sites excluding steroid dienone is 3. The van der Waals surface area contributed by atoms with E-state index in [9.17, 15) is 9.59 Å². The molecule has 2 aromatic carbocycles. The van der Waals surface area contributed by atoms with E-state index in [4.69, 9.17) is 23.7 Å².